The first kappa shape index (κ1) is 21.5. The number of nitrogens with one attached hydrogen (secondary N) is 2. The Morgan fingerprint density at radius 3 is 2.37 bits per heavy atom. The van der Waals surface area contributed by atoms with Crippen LogP contribution in [0.1, 0.15) is 35.7 Å². The van der Waals surface area contributed by atoms with E-state index in [0.717, 1.165) is 16.7 Å². The molecule has 3 aromatic rings. The molecule has 1 amide bonds. The van der Waals surface area contributed by atoms with E-state index in [0.29, 0.717) is 5.02 Å². The first-order valence-electron chi connectivity index (χ1n) is 9.48. The van der Waals surface area contributed by atoms with Gasteiger partial charge in [-0.05, 0) is 42.7 Å². The molecule has 0 aromatic heterocycles. The average Bonchev–Trinajstić information content (AvgIpc) is 2.73. The summed E-state index contributed by atoms with van der Waals surface area (Å²) in [5, 5.41) is 18.0. The van der Waals surface area contributed by atoms with Crippen molar-refractivity contribution in [3.8, 4) is 0 Å². The third-order valence-electron chi connectivity index (χ3n) is 4.79. The Kier molecular flexibility index (Phi) is 6.82. The van der Waals surface area contributed by atoms with Crippen molar-refractivity contribution in [3.05, 3.63) is 105 Å². The minimum atomic E-state index is -0.738. The number of carbonyl (C=O) groups is 1. The van der Waals surface area contributed by atoms with Gasteiger partial charge in [-0.15, -0.1) is 0 Å². The van der Waals surface area contributed by atoms with Gasteiger partial charge in [0, 0.05) is 17.1 Å². The van der Waals surface area contributed by atoms with Crippen molar-refractivity contribution in [2.45, 2.75) is 25.9 Å². The first-order chi connectivity index (χ1) is 14.4. The zero-order valence-electron chi connectivity index (χ0n) is 16.6. The Balaban J connectivity index is 1.91. The zero-order chi connectivity index (χ0) is 21.7. The predicted octanol–water partition coefficient (Wildman–Crippen LogP) is 5.59. The maximum atomic E-state index is 13.2. The van der Waals surface area contributed by atoms with Crippen molar-refractivity contribution in [2.75, 3.05) is 5.32 Å². The number of nitro benzene ring substituents is 1. The lowest BCUT2D eigenvalue weighted by molar-refractivity contribution is -0.384. The van der Waals surface area contributed by atoms with E-state index in [-0.39, 0.29) is 17.4 Å². The van der Waals surface area contributed by atoms with Gasteiger partial charge in [0.15, 0.2) is 0 Å². The highest BCUT2D eigenvalue weighted by Crippen LogP contribution is 2.29. The molecule has 7 heteroatoms. The molecule has 3 rings (SSSR count). The van der Waals surface area contributed by atoms with Crippen LogP contribution in [0.3, 0.4) is 0 Å². The van der Waals surface area contributed by atoms with Crippen LogP contribution in [0.25, 0.3) is 0 Å². The average molecular weight is 424 g/mol. The van der Waals surface area contributed by atoms with Gasteiger partial charge in [-0.3, -0.25) is 20.2 Å². The van der Waals surface area contributed by atoms with E-state index in [4.69, 9.17) is 11.6 Å². The number of rotatable bonds is 7. The molecule has 6 nitrogen and oxygen atoms in total. The highest BCUT2D eigenvalue weighted by molar-refractivity contribution is 6.31. The van der Waals surface area contributed by atoms with Crippen molar-refractivity contribution in [1.82, 2.24) is 5.32 Å². The zero-order valence-corrected chi connectivity index (χ0v) is 17.4. The Labute approximate surface area is 180 Å². The number of nitro groups is 1. The van der Waals surface area contributed by atoms with Crippen LogP contribution in [0, 0.1) is 17.0 Å². The summed E-state index contributed by atoms with van der Waals surface area (Å²) in [4.78, 5) is 24.1. The van der Waals surface area contributed by atoms with Gasteiger partial charge in [0.25, 0.3) is 5.69 Å². The molecule has 2 N–H and O–H groups in total. The van der Waals surface area contributed by atoms with Gasteiger partial charge in [0.2, 0.25) is 5.91 Å². The second-order valence-electron chi connectivity index (χ2n) is 7.02. The van der Waals surface area contributed by atoms with E-state index in [1.165, 1.54) is 6.07 Å². The smallest absolute Gasteiger partial charge is 0.293 e. The lowest BCUT2D eigenvalue weighted by atomic mass is 10.0. The van der Waals surface area contributed by atoms with E-state index in [1.807, 2.05) is 55.5 Å². The number of aryl methyl sites for hydroxylation is 1. The molecular weight excluding hydrogens is 402 g/mol. The molecule has 0 radical (unpaired) electrons. The summed E-state index contributed by atoms with van der Waals surface area (Å²) >= 11 is 6.31. The lowest BCUT2D eigenvalue weighted by Gasteiger charge is -2.24. The van der Waals surface area contributed by atoms with E-state index in [9.17, 15) is 14.9 Å². The van der Waals surface area contributed by atoms with Crippen LogP contribution in [0.2, 0.25) is 5.02 Å². The van der Waals surface area contributed by atoms with E-state index in [1.54, 1.807) is 25.1 Å². The molecule has 0 heterocycles. The largest absolute Gasteiger partial charge is 0.319 e. The summed E-state index contributed by atoms with van der Waals surface area (Å²) in [5.74, 6) is -0.396. The predicted molar refractivity (Wildman–Crippen MR) is 119 cm³/mol. The van der Waals surface area contributed by atoms with Crippen LogP contribution in [0.4, 0.5) is 11.4 Å². The summed E-state index contributed by atoms with van der Waals surface area (Å²) < 4.78 is 0. The summed E-state index contributed by atoms with van der Waals surface area (Å²) in [5.41, 5.74) is 2.35. The molecule has 154 valence electrons. The molecule has 30 heavy (non-hydrogen) atoms. The molecule has 0 aliphatic carbocycles. The number of amides is 1. The molecule has 2 atom stereocenters. The fourth-order valence-corrected chi connectivity index (χ4v) is 3.54. The molecule has 0 saturated carbocycles. The SMILES string of the molecule is Cc1ccc(NC(=O)C(NC(C)c2ccccc2Cl)c2ccccc2)c([N+](=O)[O-])c1. The number of nitrogens with zero attached hydrogens (tertiary/aromatic N) is 1. The number of halogens is 1. The van der Waals surface area contributed by atoms with Crippen molar-refractivity contribution in [3.63, 3.8) is 0 Å². The number of benzene rings is 3. The fourth-order valence-electron chi connectivity index (χ4n) is 3.24. The fraction of sp³-hybridized carbons (Fsp3) is 0.174. The second-order valence-corrected chi connectivity index (χ2v) is 7.43. The Bertz CT molecular complexity index is 1060. The number of hydrogen-bond donors (Lipinski definition) is 2. The summed E-state index contributed by atoms with van der Waals surface area (Å²) in [6.07, 6.45) is 0. The van der Waals surface area contributed by atoms with Gasteiger partial charge in [0.05, 0.1) is 4.92 Å². The molecule has 0 bridgehead atoms. The van der Waals surface area contributed by atoms with Crippen LogP contribution in [-0.4, -0.2) is 10.8 Å². The topological polar surface area (TPSA) is 84.3 Å². The minimum absolute atomic E-state index is 0.144. The van der Waals surface area contributed by atoms with Crippen LogP contribution in [0.5, 0.6) is 0 Å². The van der Waals surface area contributed by atoms with Gasteiger partial charge in [-0.2, -0.15) is 0 Å². The quantitative estimate of drug-likeness (QED) is 0.383. The summed E-state index contributed by atoms with van der Waals surface area (Å²) in [6, 6.07) is 20.4. The van der Waals surface area contributed by atoms with Gasteiger partial charge in [-0.1, -0.05) is 66.2 Å². The van der Waals surface area contributed by atoms with Crippen LogP contribution < -0.4 is 10.6 Å². The van der Waals surface area contributed by atoms with Gasteiger partial charge in [0.1, 0.15) is 11.7 Å². The minimum Gasteiger partial charge on any atom is -0.319 e. The normalized spacial score (nSPS) is 12.8. The Hall–Kier alpha value is -3.22. The maximum Gasteiger partial charge on any atom is 0.293 e. The van der Waals surface area contributed by atoms with Crippen LogP contribution in [-0.2, 0) is 4.79 Å². The Morgan fingerprint density at radius 1 is 1.03 bits per heavy atom. The third-order valence-corrected chi connectivity index (χ3v) is 5.14. The molecule has 2 unspecified atom stereocenters. The molecule has 0 spiro atoms. The van der Waals surface area contributed by atoms with Crippen molar-refractivity contribution >= 4 is 28.9 Å². The van der Waals surface area contributed by atoms with Crippen molar-refractivity contribution in [1.29, 1.82) is 0 Å². The molecular formula is C23H22ClN3O3. The monoisotopic (exact) mass is 423 g/mol. The highest BCUT2D eigenvalue weighted by Gasteiger charge is 2.26. The van der Waals surface area contributed by atoms with Gasteiger partial charge < -0.3 is 5.32 Å². The molecule has 0 saturated heterocycles. The van der Waals surface area contributed by atoms with Crippen LogP contribution >= 0.6 is 11.6 Å². The molecule has 0 aliphatic rings. The Morgan fingerprint density at radius 2 is 1.70 bits per heavy atom. The second kappa shape index (κ2) is 9.52. The van der Waals surface area contributed by atoms with Gasteiger partial charge in [-0.25, -0.2) is 0 Å². The highest BCUT2D eigenvalue weighted by atomic mass is 35.5. The van der Waals surface area contributed by atoms with Gasteiger partial charge >= 0.3 is 0 Å². The lowest BCUT2D eigenvalue weighted by Crippen LogP contribution is -2.35. The van der Waals surface area contributed by atoms with Crippen molar-refractivity contribution < 1.29 is 9.72 Å². The van der Waals surface area contributed by atoms with E-state index >= 15 is 0 Å². The van der Waals surface area contributed by atoms with E-state index in [2.05, 4.69) is 10.6 Å². The number of hydrogen-bond acceptors (Lipinski definition) is 4. The maximum absolute atomic E-state index is 13.2. The summed E-state index contributed by atoms with van der Waals surface area (Å²) in [6.45, 7) is 3.68. The van der Waals surface area contributed by atoms with Crippen molar-refractivity contribution in [2.24, 2.45) is 0 Å². The summed E-state index contributed by atoms with van der Waals surface area (Å²) in [7, 11) is 0. The molecule has 3 aromatic carbocycles. The number of carbonyl (C=O) groups excluding carboxylic acids is 1. The van der Waals surface area contributed by atoms with E-state index < -0.39 is 16.9 Å². The van der Waals surface area contributed by atoms with Crippen LogP contribution in [0.15, 0.2) is 72.8 Å². The molecule has 0 aliphatic heterocycles. The number of anilines is 1. The standard InChI is InChI=1S/C23H22ClN3O3/c1-15-12-13-20(21(14-15)27(29)30)26-23(28)22(17-8-4-3-5-9-17)25-16(2)18-10-6-7-11-19(18)24/h3-14,16,22,25H,1-2H3,(H,26,28). The third kappa shape index (κ3) is 5.03. The molecule has 0 fully saturated rings. The first-order valence-corrected chi connectivity index (χ1v) is 9.86.